The van der Waals surface area contributed by atoms with E-state index in [9.17, 15) is 8.42 Å². The number of nitriles is 1. The minimum atomic E-state index is -3.63. The molecule has 2 aromatic heterocycles. The van der Waals surface area contributed by atoms with E-state index in [1.54, 1.807) is 19.3 Å². The summed E-state index contributed by atoms with van der Waals surface area (Å²) in [6.45, 7) is 1.79. The van der Waals surface area contributed by atoms with Crippen molar-refractivity contribution in [2.75, 3.05) is 0 Å². The Morgan fingerprint density at radius 3 is 2.81 bits per heavy atom. The van der Waals surface area contributed by atoms with Gasteiger partial charge in [-0.15, -0.1) is 0 Å². The molecule has 1 unspecified atom stereocenters. The van der Waals surface area contributed by atoms with Gasteiger partial charge in [-0.3, -0.25) is 0 Å². The minimum absolute atomic E-state index is 0.0475. The second-order valence-electron chi connectivity index (χ2n) is 4.63. The third kappa shape index (κ3) is 4.15. The smallest absolute Gasteiger partial charge is 0.242 e. The van der Waals surface area contributed by atoms with Crippen molar-refractivity contribution in [1.82, 2.24) is 9.71 Å². The SMILES string of the molecule is CC(CCc1ccco1)NS(=O)(=O)c1ccc(C#N)nc1. The van der Waals surface area contributed by atoms with Gasteiger partial charge in [0.05, 0.1) is 6.26 Å². The molecule has 0 saturated carbocycles. The van der Waals surface area contributed by atoms with Crippen molar-refractivity contribution in [3.05, 3.63) is 48.2 Å². The largest absolute Gasteiger partial charge is 0.469 e. The third-order valence-electron chi connectivity index (χ3n) is 2.92. The van der Waals surface area contributed by atoms with Gasteiger partial charge in [-0.05, 0) is 37.6 Å². The molecule has 0 bridgehead atoms. The van der Waals surface area contributed by atoms with Gasteiger partial charge in [-0.25, -0.2) is 18.1 Å². The highest BCUT2D eigenvalue weighted by molar-refractivity contribution is 7.89. The molecule has 0 aromatic carbocycles. The van der Waals surface area contributed by atoms with Crippen molar-refractivity contribution in [2.24, 2.45) is 0 Å². The zero-order valence-corrected chi connectivity index (χ0v) is 12.3. The van der Waals surface area contributed by atoms with Crippen molar-refractivity contribution in [1.29, 1.82) is 5.26 Å². The molecule has 0 spiro atoms. The summed E-state index contributed by atoms with van der Waals surface area (Å²) in [6.07, 6.45) is 4.05. The first kappa shape index (κ1) is 15.2. The molecular weight excluding hydrogens is 290 g/mol. The molecule has 2 rings (SSSR count). The maximum atomic E-state index is 12.1. The summed E-state index contributed by atoms with van der Waals surface area (Å²) in [7, 11) is -3.63. The Morgan fingerprint density at radius 1 is 1.43 bits per heavy atom. The van der Waals surface area contributed by atoms with Crippen LogP contribution in [-0.2, 0) is 16.4 Å². The summed E-state index contributed by atoms with van der Waals surface area (Å²) in [5, 5.41) is 8.65. The molecule has 0 aliphatic heterocycles. The van der Waals surface area contributed by atoms with E-state index in [1.165, 1.54) is 18.3 Å². The van der Waals surface area contributed by atoms with Crippen molar-refractivity contribution in [3.8, 4) is 6.07 Å². The van der Waals surface area contributed by atoms with Gasteiger partial charge >= 0.3 is 0 Å². The van der Waals surface area contributed by atoms with Crippen LogP contribution in [0, 0.1) is 11.3 Å². The van der Waals surface area contributed by atoms with E-state index in [1.807, 2.05) is 12.1 Å². The quantitative estimate of drug-likeness (QED) is 0.878. The lowest BCUT2D eigenvalue weighted by Crippen LogP contribution is -2.33. The Hall–Kier alpha value is -2.17. The van der Waals surface area contributed by atoms with Gasteiger partial charge in [0.2, 0.25) is 10.0 Å². The Balaban J connectivity index is 1.97. The molecule has 0 amide bonds. The van der Waals surface area contributed by atoms with Gasteiger partial charge < -0.3 is 4.42 Å². The highest BCUT2D eigenvalue weighted by Gasteiger charge is 2.18. The number of nitrogens with zero attached hydrogens (tertiary/aromatic N) is 2. The van der Waals surface area contributed by atoms with E-state index in [2.05, 4.69) is 9.71 Å². The van der Waals surface area contributed by atoms with E-state index in [-0.39, 0.29) is 16.6 Å². The van der Waals surface area contributed by atoms with Crippen LogP contribution in [0.5, 0.6) is 0 Å². The molecule has 2 heterocycles. The van der Waals surface area contributed by atoms with Crippen LogP contribution in [0.15, 0.2) is 46.0 Å². The molecule has 2 aromatic rings. The van der Waals surface area contributed by atoms with Crippen LogP contribution in [0.2, 0.25) is 0 Å². The molecule has 0 fully saturated rings. The maximum Gasteiger partial charge on any atom is 0.242 e. The lowest BCUT2D eigenvalue weighted by Gasteiger charge is -2.13. The summed E-state index contributed by atoms with van der Waals surface area (Å²) in [5.74, 6) is 0.820. The molecule has 7 heteroatoms. The molecule has 6 nitrogen and oxygen atoms in total. The molecule has 0 radical (unpaired) electrons. The number of nitrogens with one attached hydrogen (secondary N) is 1. The molecule has 0 aliphatic rings. The number of hydrogen-bond donors (Lipinski definition) is 1. The number of sulfonamides is 1. The summed E-state index contributed by atoms with van der Waals surface area (Å²) in [5.41, 5.74) is 0.180. The van der Waals surface area contributed by atoms with E-state index < -0.39 is 10.0 Å². The van der Waals surface area contributed by atoms with Crippen molar-refractivity contribution >= 4 is 10.0 Å². The molecule has 1 atom stereocenters. The van der Waals surface area contributed by atoms with Crippen LogP contribution in [0.3, 0.4) is 0 Å². The lowest BCUT2D eigenvalue weighted by molar-refractivity contribution is 0.480. The van der Waals surface area contributed by atoms with Gasteiger partial charge in [-0.1, -0.05) is 0 Å². The average molecular weight is 305 g/mol. The summed E-state index contributed by atoms with van der Waals surface area (Å²) >= 11 is 0. The van der Waals surface area contributed by atoms with Crippen LogP contribution in [0.25, 0.3) is 0 Å². The van der Waals surface area contributed by atoms with Crippen LogP contribution >= 0.6 is 0 Å². The Bertz CT molecular complexity index is 716. The number of furan rings is 1. The van der Waals surface area contributed by atoms with Crippen molar-refractivity contribution in [2.45, 2.75) is 30.7 Å². The van der Waals surface area contributed by atoms with Gasteiger partial charge in [-0.2, -0.15) is 5.26 Å². The van der Waals surface area contributed by atoms with E-state index in [0.29, 0.717) is 12.8 Å². The molecule has 1 N–H and O–H groups in total. The standard InChI is InChI=1S/C14H15N3O3S/c1-11(4-6-13-3-2-8-20-13)17-21(18,19)14-7-5-12(9-15)16-10-14/h2-3,5,7-8,10-11,17H,4,6H2,1H3. The predicted octanol–water partition coefficient (Wildman–Crippen LogP) is 1.85. The number of pyridine rings is 1. The average Bonchev–Trinajstić information content (AvgIpc) is 2.98. The number of rotatable bonds is 6. The molecule has 0 aliphatic carbocycles. The zero-order chi connectivity index (χ0) is 15.3. The lowest BCUT2D eigenvalue weighted by atomic mass is 10.2. The molecule has 0 saturated heterocycles. The van der Waals surface area contributed by atoms with E-state index >= 15 is 0 Å². The van der Waals surface area contributed by atoms with Crippen LogP contribution in [0.4, 0.5) is 0 Å². The van der Waals surface area contributed by atoms with Crippen molar-refractivity contribution < 1.29 is 12.8 Å². The predicted molar refractivity (Wildman–Crippen MR) is 75.8 cm³/mol. The Kier molecular flexibility index (Phi) is 4.73. The molecular formula is C14H15N3O3S. The van der Waals surface area contributed by atoms with Crippen LogP contribution < -0.4 is 4.72 Å². The van der Waals surface area contributed by atoms with Gasteiger partial charge in [0.1, 0.15) is 22.4 Å². The summed E-state index contributed by atoms with van der Waals surface area (Å²) in [6, 6.07) is 8.00. The van der Waals surface area contributed by atoms with Gasteiger partial charge in [0.25, 0.3) is 0 Å². The van der Waals surface area contributed by atoms with E-state index in [0.717, 1.165) is 5.76 Å². The minimum Gasteiger partial charge on any atom is -0.469 e. The monoisotopic (exact) mass is 305 g/mol. The van der Waals surface area contributed by atoms with E-state index in [4.69, 9.17) is 9.68 Å². The van der Waals surface area contributed by atoms with Gasteiger partial charge in [0.15, 0.2) is 0 Å². The fourth-order valence-corrected chi connectivity index (χ4v) is 3.03. The first-order chi connectivity index (χ1) is 10.0. The highest BCUT2D eigenvalue weighted by Crippen LogP contribution is 2.11. The second kappa shape index (κ2) is 6.52. The molecule has 110 valence electrons. The first-order valence-corrected chi connectivity index (χ1v) is 7.90. The fraction of sp³-hybridized carbons (Fsp3) is 0.286. The van der Waals surface area contributed by atoms with Gasteiger partial charge in [0, 0.05) is 18.7 Å². The first-order valence-electron chi connectivity index (χ1n) is 6.42. The van der Waals surface area contributed by atoms with Crippen LogP contribution in [0.1, 0.15) is 24.8 Å². The maximum absolute atomic E-state index is 12.1. The summed E-state index contributed by atoms with van der Waals surface area (Å²) < 4.78 is 32.1. The number of aryl methyl sites for hydroxylation is 1. The number of aromatic nitrogens is 1. The zero-order valence-electron chi connectivity index (χ0n) is 11.5. The normalized spacial score (nSPS) is 12.8. The highest BCUT2D eigenvalue weighted by atomic mass is 32.2. The molecule has 21 heavy (non-hydrogen) atoms. The fourth-order valence-electron chi connectivity index (χ4n) is 1.81. The Labute approximate surface area is 123 Å². The second-order valence-corrected chi connectivity index (χ2v) is 6.35. The number of hydrogen-bond acceptors (Lipinski definition) is 5. The Morgan fingerprint density at radius 2 is 2.24 bits per heavy atom. The third-order valence-corrected chi connectivity index (χ3v) is 4.50. The topological polar surface area (TPSA) is 96.0 Å². The summed E-state index contributed by atoms with van der Waals surface area (Å²) in [4.78, 5) is 3.81. The van der Waals surface area contributed by atoms with Crippen molar-refractivity contribution in [3.63, 3.8) is 0 Å². The van der Waals surface area contributed by atoms with Crippen LogP contribution in [-0.4, -0.2) is 19.4 Å².